The van der Waals surface area contributed by atoms with Crippen LogP contribution < -0.4 is 16.0 Å². The van der Waals surface area contributed by atoms with Crippen molar-refractivity contribution in [3.05, 3.63) is 35.1 Å². The van der Waals surface area contributed by atoms with Crippen LogP contribution in [0.2, 0.25) is 0 Å². The van der Waals surface area contributed by atoms with Gasteiger partial charge in [0.1, 0.15) is 12.1 Å². The summed E-state index contributed by atoms with van der Waals surface area (Å²) >= 11 is 0. The molecule has 9 heteroatoms. The van der Waals surface area contributed by atoms with Crippen LogP contribution in [-0.2, 0) is 9.59 Å². The van der Waals surface area contributed by atoms with E-state index < -0.39 is 42.1 Å². The summed E-state index contributed by atoms with van der Waals surface area (Å²) in [6, 6.07) is 2.11. The standard InChI is InChI=1S/C18H25F3N4O2/c1-9(2)15(10-5-6-11(16(20)21)12(19)7-10)24-17(27)13-8-14(26)23-18(22-13)25(3)4/h5-7,9,13,15-16,18,22H,8H2,1-4H3,(H,23,26)(H,24,27)/t13?,15-,18?/m1/s1. The van der Waals surface area contributed by atoms with E-state index in [-0.39, 0.29) is 18.2 Å². The number of carbonyl (C=O) groups is 2. The minimum Gasteiger partial charge on any atom is -0.348 e. The molecule has 0 aromatic heterocycles. The number of hydrogen-bond acceptors (Lipinski definition) is 4. The highest BCUT2D eigenvalue weighted by molar-refractivity contribution is 5.89. The monoisotopic (exact) mass is 386 g/mol. The number of carbonyl (C=O) groups excluding carboxylic acids is 2. The Kier molecular flexibility index (Phi) is 6.83. The van der Waals surface area contributed by atoms with Gasteiger partial charge >= 0.3 is 0 Å². The van der Waals surface area contributed by atoms with E-state index in [1.807, 2.05) is 13.8 Å². The van der Waals surface area contributed by atoms with Crippen LogP contribution in [0, 0.1) is 11.7 Å². The number of amides is 2. The third-order valence-corrected chi connectivity index (χ3v) is 4.46. The molecule has 0 spiro atoms. The van der Waals surface area contributed by atoms with Crippen molar-refractivity contribution in [2.24, 2.45) is 5.92 Å². The normalized spacial score (nSPS) is 21.5. The number of benzene rings is 1. The van der Waals surface area contributed by atoms with Crippen molar-refractivity contribution >= 4 is 11.8 Å². The summed E-state index contributed by atoms with van der Waals surface area (Å²) in [5.74, 6) is -1.80. The van der Waals surface area contributed by atoms with Crippen molar-refractivity contribution in [2.45, 2.75) is 45.1 Å². The van der Waals surface area contributed by atoms with E-state index >= 15 is 0 Å². The average Bonchev–Trinajstić information content (AvgIpc) is 2.58. The van der Waals surface area contributed by atoms with E-state index in [2.05, 4.69) is 16.0 Å². The van der Waals surface area contributed by atoms with Gasteiger partial charge in [0.2, 0.25) is 11.8 Å². The second-order valence-corrected chi connectivity index (χ2v) is 7.17. The van der Waals surface area contributed by atoms with Crippen LogP contribution in [0.5, 0.6) is 0 Å². The molecule has 3 N–H and O–H groups in total. The molecule has 1 fully saturated rings. The molecule has 150 valence electrons. The minimum atomic E-state index is -2.90. The zero-order valence-electron chi connectivity index (χ0n) is 15.7. The zero-order valence-corrected chi connectivity index (χ0v) is 15.7. The van der Waals surface area contributed by atoms with Gasteiger partial charge in [-0.15, -0.1) is 0 Å². The minimum absolute atomic E-state index is 0.0281. The summed E-state index contributed by atoms with van der Waals surface area (Å²) in [6.07, 6.45) is -3.42. The predicted molar refractivity (Wildman–Crippen MR) is 94.2 cm³/mol. The Bertz CT molecular complexity index is 697. The van der Waals surface area contributed by atoms with Crippen LogP contribution in [-0.4, -0.2) is 43.1 Å². The van der Waals surface area contributed by atoms with E-state index in [9.17, 15) is 22.8 Å². The van der Waals surface area contributed by atoms with E-state index in [4.69, 9.17) is 0 Å². The van der Waals surface area contributed by atoms with Crippen molar-refractivity contribution < 1.29 is 22.8 Å². The van der Waals surface area contributed by atoms with Gasteiger partial charge in [-0.25, -0.2) is 13.2 Å². The summed E-state index contributed by atoms with van der Waals surface area (Å²) in [4.78, 5) is 26.2. The highest BCUT2D eigenvalue weighted by Crippen LogP contribution is 2.28. The van der Waals surface area contributed by atoms with Crippen molar-refractivity contribution in [3.8, 4) is 0 Å². The van der Waals surface area contributed by atoms with E-state index in [1.165, 1.54) is 6.07 Å². The lowest BCUT2D eigenvalue weighted by atomic mass is 9.94. The van der Waals surface area contributed by atoms with Crippen molar-refractivity contribution in [3.63, 3.8) is 0 Å². The van der Waals surface area contributed by atoms with Gasteiger partial charge in [0.15, 0.2) is 0 Å². The third-order valence-electron chi connectivity index (χ3n) is 4.46. The molecule has 6 nitrogen and oxygen atoms in total. The van der Waals surface area contributed by atoms with Crippen LogP contribution in [0.25, 0.3) is 0 Å². The maximum atomic E-state index is 13.9. The smallest absolute Gasteiger partial charge is 0.266 e. The SMILES string of the molecule is CC(C)[C@@H](NC(=O)C1CC(=O)NC(N(C)C)N1)c1ccc(C(F)F)c(F)c1. The molecule has 1 aliphatic heterocycles. The predicted octanol–water partition coefficient (Wildman–Crippen LogP) is 1.90. The first-order valence-corrected chi connectivity index (χ1v) is 8.69. The molecule has 1 saturated heterocycles. The molecule has 0 bridgehead atoms. The Morgan fingerprint density at radius 2 is 1.96 bits per heavy atom. The molecular weight excluding hydrogens is 361 g/mol. The zero-order chi connectivity index (χ0) is 20.3. The summed E-state index contributed by atoms with van der Waals surface area (Å²) in [6.45, 7) is 3.65. The van der Waals surface area contributed by atoms with E-state index in [0.29, 0.717) is 5.56 Å². The second-order valence-electron chi connectivity index (χ2n) is 7.17. The van der Waals surface area contributed by atoms with Gasteiger partial charge < -0.3 is 10.6 Å². The number of nitrogens with zero attached hydrogens (tertiary/aromatic N) is 1. The lowest BCUT2D eigenvalue weighted by Gasteiger charge is -2.35. The quantitative estimate of drug-likeness (QED) is 0.698. The molecule has 27 heavy (non-hydrogen) atoms. The second kappa shape index (κ2) is 8.71. The van der Waals surface area contributed by atoms with Gasteiger partial charge in [-0.3, -0.25) is 19.8 Å². The van der Waals surface area contributed by atoms with Gasteiger partial charge in [-0.2, -0.15) is 0 Å². The molecule has 1 aliphatic rings. The van der Waals surface area contributed by atoms with Crippen molar-refractivity contribution in [1.29, 1.82) is 0 Å². The van der Waals surface area contributed by atoms with Crippen LogP contribution >= 0.6 is 0 Å². The molecule has 1 aromatic carbocycles. The molecule has 1 aromatic rings. The Balaban J connectivity index is 2.17. The van der Waals surface area contributed by atoms with Crippen LogP contribution in [0.15, 0.2) is 18.2 Å². The molecular formula is C18H25F3N4O2. The maximum absolute atomic E-state index is 13.9. The fraction of sp³-hybridized carbons (Fsp3) is 0.556. The largest absolute Gasteiger partial charge is 0.348 e. The topological polar surface area (TPSA) is 73.5 Å². The summed E-state index contributed by atoms with van der Waals surface area (Å²) < 4.78 is 39.4. The highest BCUT2D eigenvalue weighted by atomic mass is 19.3. The van der Waals surface area contributed by atoms with Gasteiger partial charge in [-0.05, 0) is 31.6 Å². The lowest BCUT2D eigenvalue weighted by Crippen LogP contribution is -2.65. The van der Waals surface area contributed by atoms with Gasteiger partial charge in [0.25, 0.3) is 6.43 Å². The first-order chi connectivity index (χ1) is 12.6. The first kappa shape index (κ1) is 21.2. The fourth-order valence-electron chi connectivity index (χ4n) is 2.94. The third kappa shape index (κ3) is 5.20. The van der Waals surface area contributed by atoms with Gasteiger partial charge in [-0.1, -0.05) is 26.0 Å². The number of rotatable bonds is 6. The molecule has 1 heterocycles. The molecule has 0 aliphatic carbocycles. The summed E-state index contributed by atoms with van der Waals surface area (Å²) in [5, 5.41) is 8.54. The van der Waals surface area contributed by atoms with E-state index in [1.54, 1.807) is 19.0 Å². The van der Waals surface area contributed by atoms with Crippen LogP contribution in [0.4, 0.5) is 13.2 Å². The maximum Gasteiger partial charge on any atom is 0.266 e. The Morgan fingerprint density at radius 1 is 1.30 bits per heavy atom. The Labute approximate surface area is 156 Å². The van der Waals surface area contributed by atoms with E-state index in [0.717, 1.165) is 12.1 Å². The average molecular weight is 386 g/mol. The van der Waals surface area contributed by atoms with Crippen LogP contribution in [0.3, 0.4) is 0 Å². The molecule has 0 saturated carbocycles. The molecule has 2 unspecified atom stereocenters. The molecule has 3 atom stereocenters. The number of halogens is 3. The van der Waals surface area contributed by atoms with Crippen molar-refractivity contribution in [1.82, 2.24) is 20.9 Å². The van der Waals surface area contributed by atoms with Gasteiger partial charge in [0.05, 0.1) is 24.1 Å². The first-order valence-electron chi connectivity index (χ1n) is 8.69. The molecule has 0 radical (unpaired) electrons. The summed E-state index contributed by atoms with van der Waals surface area (Å²) in [7, 11) is 3.50. The van der Waals surface area contributed by atoms with Gasteiger partial charge in [0, 0.05) is 0 Å². The lowest BCUT2D eigenvalue weighted by molar-refractivity contribution is -0.134. The number of hydrogen-bond donors (Lipinski definition) is 3. The van der Waals surface area contributed by atoms with Crippen molar-refractivity contribution in [2.75, 3.05) is 14.1 Å². The molecule has 2 rings (SSSR count). The molecule has 2 amide bonds. The van der Waals surface area contributed by atoms with Crippen LogP contribution in [0.1, 0.15) is 43.9 Å². The summed E-state index contributed by atoms with van der Waals surface area (Å²) in [5.41, 5.74) is -0.281. The Morgan fingerprint density at radius 3 is 2.48 bits per heavy atom. The number of nitrogens with one attached hydrogen (secondary N) is 3. The highest BCUT2D eigenvalue weighted by Gasteiger charge is 2.33. The fourth-order valence-corrected chi connectivity index (χ4v) is 2.94. The Hall–Kier alpha value is -2.13. The number of alkyl halides is 2.